The Hall–Kier alpha value is -3.41. The number of allylic oxidation sites excluding steroid dienone is 3. The number of amides is 1. The third-order valence-corrected chi connectivity index (χ3v) is 7.61. The van der Waals surface area contributed by atoms with Crippen molar-refractivity contribution in [3.05, 3.63) is 74.9 Å². The van der Waals surface area contributed by atoms with Crippen LogP contribution in [-0.2, 0) is 9.59 Å². The van der Waals surface area contributed by atoms with E-state index in [2.05, 4.69) is 30.6 Å². The fourth-order valence-electron chi connectivity index (χ4n) is 4.72. The van der Waals surface area contributed by atoms with Crippen LogP contribution in [0, 0.1) is 16.7 Å². The molecule has 2 aliphatic rings. The first kappa shape index (κ1) is 26.6. The molecular weight excluding hydrogens is 510 g/mol. The van der Waals surface area contributed by atoms with Gasteiger partial charge in [-0.1, -0.05) is 43.3 Å². The molecule has 1 atom stereocenters. The summed E-state index contributed by atoms with van der Waals surface area (Å²) < 4.78 is 10.9. The number of nitrogens with zero attached hydrogens (tertiary/aromatic N) is 1. The van der Waals surface area contributed by atoms with E-state index in [1.165, 1.54) is 11.8 Å². The monoisotopic (exact) mass is 537 g/mol. The average molecular weight is 538 g/mol. The van der Waals surface area contributed by atoms with E-state index in [-0.39, 0.29) is 22.9 Å². The molecule has 0 aromatic heterocycles. The number of nitrogens with one attached hydrogen (secondary N) is 2. The van der Waals surface area contributed by atoms with E-state index in [1.807, 2.05) is 6.07 Å². The molecule has 9 heteroatoms. The molecular formula is C28H28ClN3O4S. The topological polar surface area (TPSA) is 100 Å². The fourth-order valence-corrected chi connectivity index (χ4v) is 5.71. The van der Waals surface area contributed by atoms with Crippen LogP contribution in [0.15, 0.2) is 64.3 Å². The van der Waals surface area contributed by atoms with Crippen molar-refractivity contribution in [1.82, 2.24) is 5.32 Å². The van der Waals surface area contributed by atoms with Crippen molar-refractivity contribution < 1.29 is 19.1 Å². The molecule has 192 valence electrons. The number of nitriles is 1. The number of thioether (sulfide) groups is 1. The molecule has 0 saturated heterocycles. The van der Waals surface area contributed by atoms with Crippen molar-refractivity contribution in [3.63, 3.8) is 0 Å². The molecule has 0 spiro atoms. The van der Waals surface area contributed by atoms with Crippen LogP contribution >= 0.6 is 23.4 Å². The number of methoxy groups -OCH3 is 2. The molecule has 37 heavy (non-hydrogen) atoms. The van der Waals surface area contributed by atoms with Gasteiger partial charge in [-0.25, -0.2) is 0 Å². The quantitative estimate of drug-likeness (QED) is 0.460. The lowest BCUT2D eigenvalue weighted by Gasteiger charge is -2.39. The number of ketones is 1. The molecule has 2 aromatic carbocycles. The van der Waals surface area contributed by atoms with E-state index in [0.717, 1.165) is 11.3 Å². The van der Waals surface area contributed by atoms with Gasteiger partial charge in [-0.2, -0.15) is 5.26 Å². The van der Waals surface area contributed by atoms with Crippen molar-refractivity contribution in [3.8, 4) is 17.6 Å². The van der Waals surface area contributed by atoms with Crippen LogP contribution in [0.5, 0.6) is 11.5 Å². The molecule has 1 amide bonds. The Balaban J connectivity index is 1.69. The van der Waals surface area contributed by atoms with Gasteiger partial charge in [0.1, 0.15) is 0 Å². The van der Waals surface area contributed by atoms with Gasteiger partial charge in [0.15, 0.2) is 17.3 Å². The zero-order valence-electron chi connectivity index (χ0n) is 21.1. The van der Waals surface area contributed by atoms with Crippen LogP contribution in [0.4, 0.5) is 5.69 Å². The molecule has 2 aromatic rings. The number of carbonyl (C=O) groups excluding carboxylic acids is 2. The highest BCUT2D eigenvalue weighted by Crippen LogP contribution is 2.48. The van der Waals surface area contributed by atoms with Gasteiger partial charge in [0.05, 0.1) is 42.6 Å². The maximum absolute atomic E-state index is 13.4. The number of rotatable bonds is 7. The van der Waals surface area contributed by atoms with Gasteiger partial charge in [0, 0.05) is 28.4 Å². The number of dihydropyridines is 1. The Morgan fingerprint density at radius 1 is 1.16 bits per heavy atom. The van der Waals surface area contributed by atoms with Crippen molar-refractivity contribution in [2.45, 2.75) is 32.6 Å². The molecule has 1 heterocycles. The molecule has 4 rings (SSSR count). The second-order valence-corrected chi connectivity index (χ2v) is 11.1. The first-order valence-corrected chi connectivity index (χ1v) is 13.1. The maximum atomic E-state index is 13.4. The first-order valence-electron chi connectivity index (χ1n) is 11.7. The number of hydrogen-bond acceptors (Lipinski definition) is 7. The van der Waals surface area contributed by atoms with E-state index in [0.29, 0.717) is 51.2 Å². The van der Waals surface area contributed by atoms with Gasteiger partial charge >= 0.3 is 0 Å². The molecule has 2 N–H and O–H groups in total. The lowest BCUT2D eigenvalue weighted by Crippen LogP contribution is -2.37. The summed E-state index contributed by atoms with van der Waals surface area (Å²) in [6.07, 6.45) is 1.04. The van der Waals surface area contributed by atoms with Crippen molar-refractivity contribution in [2.75, 3.05) is 25.3 Å². The first-order chi connectivity index (χ1) is 17.7. The molecule has 7 nitrogen and oxygen atoms in total. The highest BCUT2D eigenvalue weighted by atomic mass is 35.5. The summed E-state index contributed by atoms with van der Waals surface area (Å²) in [6, 6.07) is 14.6. The average Bonchev–Trinajstić information content (AvgIpc) is 2.86. The van der Waals surface area contributed by atoms with E-state index in [9.17, 15) is 14.9 Å². The van der Waals surface area contributed by atoms with Crippen LogP contribution in [0.3, 0.4) is 0 Å². The van der Waals surface area contributed by atoms with Crippen LogP contribution in [-0.4, -0.2) is 31.7 Å². The van der Waals surface area contributed by atoms with Crippen LogP contribution in [0.1, 0.15) is 38.2 Å². The standard InChI is InChI=1S/C28H28ClN3O4S/c1-28(2)12-20-26(21(33)13-28)25(16-5-10-22(35-3)23(11-16)36-4)19(14-30)27(32-20)37-15-24(34)31-18-8-6-17(29)7-9-18/h5-11,25,32H,12-13,15H2,1-4H3,(H,31,34)/t25-/m1/s1. The Labute approximate surface area is 225 Å². The summed E-state index contributed by atoms with van der Waals surface area (Å²) in [5, 5.41) is 17.6. The zero-order valence-corrected chi connectivity index (χ0v) is 22.7. The number of halogens is 1. The number of hydrogen-bond donors (Lipinski definition) is 2. The van der Waals surface area contributed by atoms with Crippen LogP contribution in [0.25, 0.3) is 0 Å². The summed E-state index contributed by atoms with van der Waals surface area (Å²) in [7, 11) is 3.10. The molecule has 0 radical (unpaired) electrons. The summed E-state index contributed by atoms with van der Waals surface area (Å²) in [6.45, 7) is 4.11. The molecule has 0 saturated carbocycles. The lowest BCUT2D eigenvalue weighted by atomic mass is 9.69. The number of ether oxygens (including phenoxy) is 2. The Morgan fingerprint density at radius 2 is 1.86 bits per heavy atom. The smallest absolute Gasteiger partial charge is 0.234 e. The predicted octanol–water partition coefficient (Wildman–Crippen LogP) is 5.79. The minimum absolute atomic E-state index is 0.0100. The number of Topliss-reactive ketones (excluding diaryl/α,β-unsaturated/α-hetero) is 1. The van der Waals surface area contributed by atoms with Gasteiger partial charge in [0.2, 0.25) is 5.91 Å². The highest BCUT2D eigenvalue weighted by molar-refractivity contribution is 8.03. The van der Waals surface area contributed by atoms with E-state index in [4.69, 9.17) is 21.1 Å². The largest absolute Gasteiger partial charge is 0.493 e. The van der Waals surface area contributed by atoms with E-state index in [1.54, 1.807) is 50.6 Å². The molecule has 0 fully saturated rings. The summed E-state index contributed by atoms with van der Waals surface area (Å²) in [5.74, 6) is 0.359. The van der Waals surface area contributed by atoms with Crippen molar-refractivity contribution in [2.24, 2.45) is 5.41 Å². The summed E-state index contributed by atoms with van der Waals surface area (Å²) >= 11 is 7.16. The van der Waals surface area contributed by atoms with Gasteiger partial charge in [0.25, 0.3) is 0 Å². The summed E-state index contributed by atoms with van der Waals surface area (Å²) in [4.78, 5) is 26.1. The second-order valence-electron chi connectivity index (χ2n) is 9.70. The molecule has 1 aliphatic carbocycles. The van der Waals surface area contributed by atoms with Gasteiger partial charge in [-0.3, -0.25) is 9.59 Å². The molecule has 1 aliphatic heterocycles. The lowest BCUT2D eigenvalue weighted by molar-refractivity contribution is -0.118. The fraction of sp³-hybridized carbons (Fsp3) is 0.321. The molecule has 0 unspecified atom stereocenters. The maximum Gasteiger partial charge on any atom is 0.234 e. The SMILES string of the molecule is COc1ccc([C@@H]2C(C#N)=C(SCC(=O)Nc3ccc(Cl)cc3)NC3=C2C(=O)CC(C)(C)C3)cc1OC. The third-order valence-electron chi connectivity index (χ3n) is 6.34. The Bertz CT molecular complexity index is 1340. The van der Waals surface area contributed by atoms with Crippen LogP contribution < -0.4 is 20.1 Å². The summed E-state index contributed by atoms with van der Waals surface area (Å²) in [5.41, 5.74) is 2.94. The second kappa shape index (κ2) is 10.9. The van der Waals surface area contributed by atoms with Crippen molar-refractivity contribution in [1.29, 1.82) is 5.26 Å². The van der Waals surface area contributed by atoms with Gasteiger partial charge in [-0.05, 0) is 53.8 Å². The van der Waals surface area contributed by atoms with Crippen molar-refractivity contribution >= 4 is 40.7 Å². The highest BCUT2D eigenvalue weighted by Gasteiger charge is 2.42. The molecule has 0 bridgehead atoms. The Kier molecular flexibility index (Phi) is 7.86. The van der Waals surface area contributed by atoms with Gasteiger partial charge in [-0.15, -0.1) is 0 Å². The van der Waals surface area contributed by atoms with Crippen LogP contribution in [0.2, 0.25) is 5.02 Å². The Morgan fingerprint density at radius 3 is 2.51 bits per heavy atom. The predicted molar refractivity (Wildman–Crippen MR) is 146 cm³/mol. The zero-order chi connectivity index (χ0) is 26.7. The third kappa shape index (κ3) is 5.79. The number of anilines is 1. The van der Waals surface area contributed by atoms with E-state index < -0.39 is 5.92 Å². The minimum atomic E-state index is -0.577. The number of benzene rings is 2. The number of carbonyl (C=O) groups is 2. The van der Waals surface area contributed by atoms with Gasteiger partial charge < -0.3 is 20.1 Å². The minimum Gasteiger partial charge on any atom is -0.493 e. The normalized spacial score (nSPS) is 18.5. The van der Waals surface area contributed by atoms with E-state index >= 15 is 0 Å².